The van der Waals surface area contributed by atoms with E-state index in [0.29, 0.717) is 6.42 Å². The molecule has 0 aliphatic heterocycles. The summed E-state index contributed by atoms with van der Waals surface area (Å²) in [5.74, 6) is 1.15. The van der Waals surface area contributed by atoms with Crippen LogP contribution in [0.4, 0.5) is 0 Å². The van der Waals surface area contributed by atoms with Crippen molar-refractivity contribution in [3.63, 3.8) is 0 Å². The van der Waals surface area contributed by atoms with Crippen molar-refractivity contribution in [2.24, 2.45) is 0 Å². The van der Waals surface area contributed by atoms with Crippen LogP contribution in [0.2, 0.25) is 0 Å². The molecule has 0 bridgehead atoms. The maximum absolute atomic E-state index is 11.0. The van der Waals surface area contributed by atoms with Crippen molar-refractivity contribution >= 4 is 5.78 Å². The molecule has 1 rings (SSSR count). The number of hydrogen-bond donors (Lipinski definition) is 0. The van der Waals surface area contributed by atoms with Gasteiger partial charge in [-0.1, -0.05) is 6.07 Å². The monoisotopic (exact) mass is 249 g/mol. The van der Waals surface area contributed by atoms with Crippen molar-refractivity contribution in [2.45, 2.75) is 33.7 Å². The zero-order valence-corrected chi connectivity index (χ0v) is 12.0. The predicted molar refractivity (Wildman–Crippen MR) is 74.1 cm³/mol. The van der Waals surface area contributed by atoms with Gasteiger partial charge in [-0.15, -0.1) is 0 Å². The Kier molecular flexibility index (Phi) is 5.35. The summed E-state index contributed by atoms with van der Waals surface area (Å²) < 4.78 is 5.41. The minimum atomic E-state index is 0.230. The van der Waals surface area contributed by atoms with Gasteiger partial charge in [0.15, 0.2) is 0 Å². The Morgan fingerprint density at radius 1 is 1.28 bits per heavy atom. The van der Waals surface area contributed by atoms with Crippen LogP contribution in [0.3, 0.4) is 0 Å². The standard InChI is InChI=1S/C15H23NO2/c1-11-8-14(15(18-5)9-12(11)2)10-16(4)7-6-13(3)17/h8-9H,6-7,10H2,1-5H3. The Hall–Kier alpha value is -1.35. The molecule has 0 aliphatic rings. The molecule has 100 valence electrons. The molecule has 0 saturated carbocycles. The van der Waals surface area contributed by atoms with Gasteiger partial charge < -0.3 is 9.64 Å². The third kappa shape index (κ3) is 4.15. The summed E-state index contributed by atoms with van der Waals surface area (Å²) >= 11 is 0. The van der Waals surface area contributed by atoms with Crippen molar-refractivity contribution < 1.29 is 9.53 Å². The maximum Gasteiger partial charge on any atom is 0.131 e. The third-order valence-corrected chi connectivity index (χ3v) is 3.18. The van der Waals surface area contributed by atoms with Gasteiger partial charge in [-0.3, -0.25) is 4.79 Å². The highest BCUT2D eigenvalue weighted by Gasteiger charge is 2.09. The van der Waals surface area contributed by atoms with Crippen molar-refractivity contribution in [2.75, 3.05) is 20.7 Å². The van der Waals surface area contributed by atoms with E-state index in [1.165, 1.54) is 16.7 Å². The summed E-state index contributed by atoms with van der Waals surface area (Å²) in [6.07, 6.45) is 0.601. The topological polar surface area (TPSA) is 29.5 Å². The molecule has 3 heteroatoms. The molecule has 0 N–H and O–H groups in total. The molecule has 0 radical (unpaired) electrons. The van der Waals surface area contributed by atoms with Crippen molar-refractivity contribution in [1.82, 2.24) is 4.90 Å². The fourth-order valence-electron chi connectivity index (χ4n) is 1.88. The van der Waals surface area contributed by atoms with Crippen LogP contribution >= 0.6 is 0 Å². The molecular weight excluding hydrogens is 226 g/mol. The van der Waals surface area contributed by atoms with Crippen LogP contribution in [0.5, 0.6) is 5.75 Å². The second-order valence-corrected chi connectivity index (χ2v) is 4.94. The largest absolute Gasteiger partial charge is 0.496 e. The van der Waals surface area contributed by atoms with E-state index >= 15 is 0 Å². The van der Waals surface area contributed by atoms with E-state index in [-0.39, 0.29) is 5.78 Å². The normalized spacial score (nSPS) is 10.8. The molecule has 1 aromatic carbocycles. The molecule has 0 aromatic heterocycles. The number of hydrogen-bond acceptors (Lipinski definition) is 3. The first-order valence-electron chi connectivity index (χ1n) is 6.26. The predicted octanol–water partition coefficient (Wildman–Crippen LogP) is 2.72. The number of aryl methyl sites for hydroxylation is 2. The molecule has 0 fully saturated rings. The molecule has 0 unspecified atom stereocenters. The van der Waals surface area contributed by atoms with Crippen LogP contribution in [0.25, 0.3) is 0 Å². The number of benzene rings is 1. The van der Waals surface area contributed by atoms with Crippen molar-refractivity contribution in [3.05, 3.63) is 28.8 Å². The summed E-state index contributed by atoms with van der Waals surface area (Å²) in [6.45, 7) is 7.41. The lowest BCUT2D eigenvalue weighted by Crippen LogP contribution is -2.21. The highest BCUT2D eigenvalue weighted by atomic mass is 16.5. The van der Waals surface area contributed by atoms with Gasteiger partial charge in [0.05, 0.1) is 7.11 Å². The quantitative estimate of drug-likeness (QED) is 0.776. The number of nitrogens with zero attached hydrogens (tertiary/aromatic N) is 1. The number of ketones is 1. The second kappa shape index (κ2) is 6.55. The van der Waals surface area contributed by atoms with Crippen LogP contribution in [-0.4, -0.2) is 31.4 Å². The molecule has 0 atom stereocenters. The summed E-state index contributed by atoms with van der Waals surface area (Å²) in [6, 6.07) is 4.24. The third-order valence-electron chi connectivity index (χ3n) is 3.18. The lowest BCUT2D eigenvalue weighted by atomic mass is 10.0. The van der Waals surface area contributed by atoms with E-state index in [0.717, 1.165) is 18.8 Å². The Labute approximate surface area is 110 Å². The van der Waals surface area contributed by atoms with Crippen LogP contribution in [0, 0.1) is 13.8 Å². The number of ether oxygens (including phenoxy) is 1. The number of rotatable bonds is 6. The Morgan fingerprint density at radius 3 is 2.44 bits per heavy atom. The van der Waals surface area contributed by atoms with Crippen LogP contribution in [0.1, 0.15) is 30.0 Å². The summed E-state index contributed by atoms with van der Waals surface area (Å²) in [4.78, 5) is 13.1. The molecule has 0 heterocycles. The SMILES string of the molecule is COc1cc(C)c(C)cc1CN(C)CCC(C)=O. The van der Waals surface area contributed by atoms with E-state index in [2.05, 4.69) is 30.9 Å². The number of carbonyl (C=O) groups excluding carboxylic acids is 1. The second-order valence-electron chi connectivity index (χ2n) is 4.94. The Morgan fingerprint density at radius 2 is 1.89 bits per heavy atom. The minimum Gasteiger partial charge on any atom is -0.496 e. The van der Waals surface area contributed by atoms with Gasteiger partial charge in [-0.05, 0) is 45.0 Å². The van der Waals surface area contributed by atoms with Gasteiger partial charge in [-0.25, -0.2) is 0 Å². The summed E-state index contributed by atoms with van der Waals surface area (Å²) in [5, 5.41) is 0. The fraction of sp³-hybridized carbons (Fsp3) is 0.533. The molecular formula is C15H23NO2. The van der Waals surface area contributed by atoms with Gasteiger partial charge in [0, 0.05) is 25.1 Å². The average Bonchev–Trinajstić information content (AvgIpc) is 2.31. The smallest absolute Gasteiger partial charge is 0.131 e. The molecule has 1 aromatic rings. The van der Waals surface area contributed by atoms with Gasteiger partial charge in [-0.2, -0.15) is 0 Å². The van der Waals surface area contributed by atoms with Crippen LogP contribution in [0.15, 0.2) is 12.1 Å². The minimum absolute atomic E-state index is 0.230. The molecule has 0 saturated heterocycles. The maximum atomic E-state index is 11.0. The van der Waals surface area contributed by atoms with Crippen molar-refractivity contribution in [3.8, 4) is 5.75 Å². The molecule has 0 spiro atoms. The zero-order chi connectivity index (χ0) is 13.7. The van der Waals surface area contributed by atoms with E-state index in [1.807, 2.05) is 7.05 Å². The van der Waals surface area contributed by atoms with Gasteiger partial charge in [0.25, 0.3) is 0 Å². The molecule has 0 amide bonds. The first kappa shape index (κ1) is 14.7. The highest BCUT2D eigenvalue weighted by Crippen LogP contribution is 2.24. The zero-order valence-electron chi connectivity index (χ0n) is 12.0. The Bertz CT molecular complexity index is 427. The first-order chi connectivity index (χ1) is 8.43. The van der Waals surface area contributed by atoms with Gasteiger partial charge in [0.2, 0.25) is 0 Å². The van der Waals surface area contributed by atoms with E-state index < -0.39 is 0 Å². The number of methoxy groups -OCH3 is 1. The summed E-state index contributed by atoms with van der Waals surface area (Å²) in [7, 11) is 3.72. The summed E-state index contributed by atoms with van der Waals surface area (Å²) in [5.41, 5.74) is 3.68. The average molecular weight is 249 g/mol. The molecule has 0 aliphatic carbocycles. The van der Waals surface area contributed by atoms with Gasteiger partial charge in [0.1, 0.15) is 11.5 Å². The van der Waals surface area contributed by atoms with E-state index in [1.54, 1.807) is 14.0 Å². The fourth-order valence-corrected chi connectivity index (χ4v) is 1.88. The van der Waals surface area contributed by atoms with Gasteiger partial charge >= 0.3 is 0 Å². The van der Waals surface area contributed by atoms with Crippen LogP contribution in [-0.2, 0) is 11.3 Å². The Balaban J connectivity index is 2.76. The number of Topliss-reactive ketones (excluding diaryl/α,β-unsaturated/α-hetero) is 1. The lowest BCUT2D eigenvalue weighted by molar-refractivity contribution is -0.117. The number of carbonyl (C=O) groups is 1. The van der Waals surface area contributed by atoms with Crippen LogP contribution < -0.4 is 4.74 Å². The van der Waals surface area contributed by atoms with Crippen molar-refractivity contribution in [1.29, 1.82) is 0 Å². The molecule has 3 nitrogen and oxygen atoms in total. The highest BCUT2D eigenvalue weighted by molar-refractivity contribution is 5.75. The molecule has 18 heavy (non-hydrogen) atoms. The first-order valence-corrected chi connectivity index (χ1v) is 6.26. The van der Waals surface area contributed by atoms with E-state index in [4.69, 9.17) is 4.74 Å². The lowest BCUT2D eigenvalue weighted by Gasteiger charge is -2.19. The van der Waals surface area contributed by atoms with E-state index in [9.17, 15) is 4.79 Å².